The molecule has 1 saturated heterocycles. The van der Waals surface area contributed by atoms with Crippen molar-refractivity contribution in [3.8, 4) is 0 Å². The van der Waals surface area contributed by atoms with E-state index in [1.807, 2.05) is 18.7 Å². The Morgan fingerprint density at radius 2 is 2.10 bits per heavy atom. The molecule has 2 rings (SSSR count). The van der Waals surface area contributed by atoms with Gasteiger partial charge in [-0.15, -0.1) is 12.4 Å². The van der Waals surface area contributed by atoms with Crippen LogP contribution in [0.15, 0.2) is 4.52 Å². The molecular formula is C14H25ClN4O2. The molecule has 0 radical (unpaired) electrons. The van der Waals surface area contributed by atoms with Gasteiger partial charge in [0.05, 0.1) is 6.04 Å². The van der Waals surface area contributed by atoms with E-state index >= 15 is 0 Å². The van der Waals surface area contributed by atoms with E-state index in [0.717, 1.165) is 32.4 Å². The largest absolute Gasteiger partial charge is 0.341 e. The van der Waals surface area contributed by atoms with Crippen LogP contribution in [0.4, 0.5) is 0 Å². The Morgan fingerprint density at radius 1 is 1.48 bits per heavy atom. The molecule has 21 heavy (non-hydrogen) atoms. The molecule has 0 spiro atoms. The standard InChI is InChI=1S/C14H24N4O2.ClH/c1-4-9(2)12(15)14(19)18-7-5-11(6-8-18)13-16-10(3)17-20-13;/h9,11-12H,4-8,15H2,1-3H3;1H. The third-order valence-electron chi connectivity index (χ3n) is 4.24. The predicted octanol–water partition coefficient (Wildman–Crippen LogP) is 1.88. The van der Waals surface area contributed by atoms with Crippen molar-refractivity contribution in [1.82, 2.24) is 15.0 Å². The topological polar surface area (TPSA) is 85.3 Å². The monoisotopic (exact) mass is 316 g/mol. The second-order valence-corrected chi connectivity index (χ2v) is 5.69. The first kappa shape index (κ1) is 17.9. The molecular weight excluding hydrogens is 292 g/mol. The molecule has 2 unspecified atom stereocenters. The van der Waals surface area contributed by atoms with Crippen molar-refractivity contribution >= 4 is 18.3 Å². The molecule has 2 atom stereocenters. The van der Waals surface area contributed by atoms with Gasteiger partial charge in [0.1, 0.15) is 0 Å². The molecule has 1 aromatic rings. The smallest absolute Gasteiger partial charge is 0.239 e. The van der Waals surface area contributed by atoms with Crippen molar-refractivity contribution in [3.63, 3.8) is 0 Å². The van der Waals surface area contributed by atoms with Crippen molar-refractivity contribution in [2.24, 2.45) is 11.7 Å². The highest BCUT2D eigenvalue weighted by molar-refractivity contribution is 5.85. The summed E-state index contributed by atoms with van der Waals surface area (Å²) in [7, 11) is 0. The van der Waals surface area contributed by atoms with Gasteiger partial charge in [-0.05, 0) is 25.7 Å². The quantitative estimate of drug-likeness (QED) is 0.916. The average Bonchev–Trinajstić information content (AvgIpc) is 2.91. The maximum Gasteiger partial charge on any atom is 0.239 e. The second-order valence-electron chi connectivity index (χ2n) is 5.69. The number of aromatic nitrogens is 2. The number of nitrogens with zero attached hydrogens (tertiary/aromatic N) is 3. The van der Waals surface area contributed by atoms with Crippen molar-refractivity contribution < 1.29 is 9.32 Å². The number of hydrogen-bond donors (Lipinski definition) is 1. The van der Waals surface area contributed by atoms with Crippen LogP contribution in [0.2, 0.25) is 0 Å². The summed E-state index contributed by atoms with van der Waals surface area (Å²) in [5.41, 5.74) is 6.02. The molecule has 2 N–H and O–H groups in total. The van der Waals surface area contributed by atoms with E-state index in [-0.39, 0.29) is 36.2 Å². The van der Waals surface area contributed by atoms with Crippen LogP contribution in [0, 0.1) is 12.8 Å². The molecule has 1 aromatic heterocycles. The van der Waals surface area contributed by atoms with Crippen LogP contribution in [0.1, 0.15) is 50.7 Å². The van der Waals surface area contributed by atoms with Crippen molar-refractivity contribution in [2.75, 3.05) is 13.1 Å². The van der Waals surface area contributed by atoms with E-state index in [1.54, 1.807) is 0 Å². The minimum atomic E-state index is -0.387. The Balaban J connectivity index is 0.00000220. The lowest BCUT2D eigenvalue weighted by Crippen LogP contribution is -2.49. The Morgan fingerprint density at radius 3 is 2.57 bits per heavy atom. The number of piperidine rings is 1. The number of aryl methyl sites for hydroxylation is 1. The number of carbonyl (C=O) groups is 1. The average molecular weight is 317 g/mol. The van der Waals surface area contributed by atoms with Gasteiger partial charge in [-0.2, -0.15) is 4.98 Å². The van der Waals surface area contributed by atoms with Gasteiger partial charge in [-0.1, -0.05) is 25.4 Å². The fourth-order valence-corrected chi connectivity index (χ4v) is 2.53. The number of carbonyl (C=O) groups excluding carboxylic acids is 1. The van der Waals surface area contributed by atoms with Gasteiger partial charge in [0.2, 0.25) is 11.8 Å². The molecule has 1 aliphatic rings. The third kappa shape index (κ3) is 4.17. The lowest BCUT2D eigenvalue weighted by molar-refractivity contribution is -0.134. The fraction of sp³-hybridized carbons (Fsp3) is 0.786. The van der Waals surface area contributed by atoms with Crippen LogP contribution in [0.3, 0.4) is 0 Å². The van der Waals surface area contributed by atoms with E-state index in [9.17, 15) is 4.79 Å². The van der Waals surface area contributed by atoms with E-state index in [0.29, 0.717) is 11.7 Å². The molecule has 1 fully saturated rings. The number of halogens is 1. The van der Waals surface area contributed by atoms with E-state index in [2.05, 4.69) is 17.1 Å². The normalized spacial score (nSPS) is 19.0. The molecule has 6 nitrogen and oxygen atoms in total. The summed E-state index contributed by atoms with van der Waals surface area (Å²) in [6.45, 7) is 7.33. The summed E-state index contributed by atoms with van der Waals surface area (Å²) in [4.78, 5) is 18.4. The third-order valence-corrected chi connectivity index (χ3v) is 4.24. The first-order valence-corrected chi connectivity index (χ1v) is 7.37. The first-order chi connectivity index (χ1) is 9.52. The molecule has 0 aromatic carbocycles. The maximum atomic E-state index is 12.3. The summed E-state index contributed by atoms with van der Waals surface area (Å²) in [5, 5.41) is 3.82. The van der Waals surface area contributed by atoms with Gasteiger partial charge in [0.15, 0.2) is 5.82 Å². The zero-order chi connectivity index (χ0) is 14.7. The molecule has 2 heterocycles. The molecule has 120 valence electrons. The molecule has 1 amide bonds. The highest BCUT2D eigenvalue weighted by Crippen LogP contribution is 2.27. The van der Waals surface area contributed by atoms with Crippen LogP contribution < -0.4 is 5.73 Å². The lowest BCUT2D eigenvalue weighted by atomic mass is 9.94. The fourth-order valence-electron chi connectivity index (χ4n) is 2.53. The predicted molar refractivity (Wildman–Crippen MR) is 82.3 cm³/mol. The highest BCUT2D eigenvalue weighted by atomic mass is 35.5. The number of amides is 1. The zero-order valence-electron chi connectivity index (χ0n) is 12.9. The number of hydrogen-bond acceptors (Lipinski definition) is 5. The van der Waals surface area contributed by atoms with Crippen molar-refractivity contribution in [3.05, 3.63) is 11.7 Å². The Hall–Kier alpha value is -1.14. The summed E-state index contributed by atoms with van der Waals surface area (Å²) in [6, 6.07) is -0.387. The van der Waals surface area contributed by atoms with Gasteiger partial charge >= 0.3 is 0 Å². The van der Waals surface area contributed by atoms with Gasteiger partial charge < -0.3 is 15.2 Å². The molecule has 0 aliphatic carbocycles. The summed E-state index contributed by atoms with van der Waals surface area (Å²) in [5.74, 6) is 1.91. The summed E-state index contributed by atoms with van der Waals surface area (Å²) < 4.78 is 5.21. The van der Waals surface area contributed by atoms with Gasteiger partial charge in [0.25, 0.3) is 0 Å². The SMILES string of the molecule is CCC(C)C(N)C(=O)N1CCC(c2nc(C)no2)CC1.Cl. The van der Waals surface area contributed by atoms with Crippen LogP contribution >= 0.6 is 12.4 Å². The number of rotatable bonds is 4. The Bertz CT molecular complexity index is 458. The Labute approximate surface area is 131 Å². The minimum Gasteiger partial charge on any atom is -0.341 e. The second kappa shape index (κ2) is 7.75. The van der Waals surface area contributed by atoms with Gasteiger partial charge in [-0.25, -0.2) is 0 Å². The van der Waals surface area contributed by atoms with E-state index in [1.165, 1.54) is 0 Å². The minimum absolute atomic E-state index is 0. The van der Waals surface area contributed by atoms with Crippen molar-refractivity contribution in [2.45, 2.75) is 52.0 Å². The van der Waals surface area contributed by atoms with Crippen molar-refractivity contribution in [1.29, 1.82) is 0 Å². The lowest BCUT2D eigenvalue weighted by Gasteiger charge is -2.33. The number of likely N-dealkylation sites (tertiary alicyclic amines) is 1. The number of nitrogens with two attached hydrogens (primary N) is 1. The first-order valence-electron chi connectivity index (χ1n) is 7.37. The summed E-state index contributed by atoms with van der Waals surface area (Å²) in [6.07, 6.45) is 2.64. The molecule has 0 bridgehead atoms. The molecule has 1 aliphatic heterocycles. The van der Waals surface area contributed by atoms with Crippen LogP contribution in [-0.2, 0) is 4.79 Å². The highest BCUT2D eigenvalue weighted by Gasteiger charge is 2.30. The van der Waals surface area contributed by atoms with Crippen LogP contribution in [0.5, 0.6) is 0 Å². The zero-order valence-corrected chi connectivity index (χ0v) is 13.7. The maximum absolute atomic E-state index is 12.3. The molecule has 7 heteroatoms. The summed E-state index contributed by atoms with van der Waals surface area (Å²) >= 11 is 0. The van der Waals surface area contributed by atoms with Gasteiger partial charge in [-0.3, -0.25) is 4.79 Å². The van der Waals surface area contributed by atoms with Crippen LogP contribution in [0.25, 0.3) is 0 Å². The van der Waals surface area contributed by atoms with E-state index in [4.69, 9.17) is 10.3 Å². The van der Waals surface area contributed by atoms with E-state index < -0.39 is 0 Å². The molecule has 0 saturated carbocycles. The van der Waals surface area contributed by atoms with Crippen LogP contribution in [-0.4, -0.2) is 40.1 Å². The Kier molecular flexibility index (Phi) is 6.61. The van der Waals surface area contributed by atoms with Gasteiger partial charge in [0, 0.05) is 19.0 Å².